The number of alkyl halides is 3. The summed E-state index contributed by atoms with van der Waals surface area (Å²) in [7, 11) is 0. The summed E-state index contributed by atoms with van der Waals surface area (Å²) in [6, 6.07) is 3.49. The molecule has 1 heterocycles. The van der Waals surface area contributed by atoms with Crippen molar-refractivity contribution in [2.45, 2.75) is 6.18 Å². The molecule has 0 aliphatic heterocycles. The Morgan fingerprint density at radius 1 is 1.44 bits per heavy atom. The van der Waals surface area contributed by atoms with E-state index in [0.717, 1.165) is 12.1 Å². The largest absolute Gasteiger partial charge is 0.433 e. The number of pyridine rings is 1. The Labute approximate surface area is 89.3 Å². The van der Waals surface area contributed by atoms with Gasteiger partial charge in [-0.05, 0) is 12.1 Å². The topological polar surface area (TPSA) is 68.9 Å². The second kappa shape index (κ2) is 4.81. The van der Waals surface area contributed by atoms with Gasteiger partial charge in [-0.2, -0.15) is 18.4 Å². The first-order valence-corrected chi connectivity index (χ1v) is 4.32. The summed E-state index contributed by atoms with van der Waals surface area (Å²) in [5, 5.41) is 19.6. The SMILES string of the molecule is N#Cc1ccc(C(F)(F)F)nc1NCCO. The van der Waals surface area contributed by atoms with Gasteiger partial charge in [-0.1, -0.05) is 0 Å². The normalized spacial score (nSPS) is 10.9. The number of hydrogen-bond donors (Lipinski definition) is 2. The Balaban J connectivity index is 3.07. The Bertz CT molecular complexity index is 411. The van der Waals surface area contributed by atoms with Crippen LogP contribution in [0.5, 0.6) is 0 Å². The van der Waals surface area contributed by atoms with Crippen LogP contribution in [0.2, 0.25) is 0 Å². The van der Waals surface area contributed by atoms with E-state index in [1.54, 1.807) is 6.07 Å². The van der Waals surface area contributed by atoms with Crippen LogP contribution in [-0.2, 0) is 6.18 Å². The van der Waals surface area contributed by atoms with Gasteiger partial charge in [0.05, 0.1) is 12.2 Å². The van der Waals surface area contributed by atoms with Crippen LogP contribution in [0.1, 0.15) is 11.3 Å². The highest BCUT2D eigenvalue weighted by molar-refractivity contribution is 5.52. The van der Waals surface area contributed by atoms with Gasteiger partial charge >= 0.3 is 6.18 Å². The van der Waals surface area contributed by atoms with E-state index in [9.17, 15) is 13.2 Å². The van der Waals surface area contributed by atoms with Gasteiger partial charge < -0.3 is 10.4 Å². The molecule has 0 unspecified atom stereocenters. The molecule has 0 amide bonds. The maximum atomic E-state index is 12.3. The number of anilines is 1. The number of rotatable bonds is 3. The average Bonchev–Trinajstić information content (AvgIpc) is 2.24. The van der Waals surface area contributed by atoms with Crippen LogP contribution in [0.4, 0.5) is 19.0 Å². The van der Waals surface area contributed by atoms with Crippen molar-refractivity contribution in [3.05, 3.63) is 23.4 Å². The van der Waals surface area contributed by atoms with Gasteiger partial charge in [0.25, 0.3) is 0 Å². The van der Waals surface area contributed by atoms with Gasteiger partial charge in [0.1, 0.15) is 17.6 Å². The Morgan fingerprint density at radius 3 is 2.62 bits per heavy atom. The maximum absolute atomic E-state index is 12.3. The number of nitrogens with zero attached hydrogens (tertiary/aromatic N) is 2. The molecule has 1 aromatic heterocycles. The highest BCUT2D eigenvalue weighted by atomic mass is 19.4. The quantitative estimate of drug-likeness (QED) is 0.824. The molecule has 86 valence electrons. The average molecular weight is 231 g/mol. The Morgan fingerprint density at radius 2 is 2.12 bits per heavy atom. The summed E-state index contributed by atoms with van der Waals surface area (Å²) in [5.74, 6) is -0.175. The molecule has 0 radical (unpaired) electrons. The minimum Gasteiger partial charge on any atom is -0.395 e. The minimum atomic E-state index is -4.55. The number of aliphatic hydroxyl groups excluding tert-OH is 1. The van der Waals surface area contributed by atoms with E-state index in [1.165, 1.54) is 0 Å². The fraction of sp³-hybridized carbons (Fsp3) is 0.333. The van der Waals surface area contributed by atoms with Gasteiger partial charge in [0.15, 0.2) is 0 Å². The summed E-state index contributed by atoms with van der Waals surface area (Å²) < 4.78 is 36.9. The number of aromatic nitrogens is 1. The van der Waals surface area contributed by atoms with Gasteiger partial charge in [0.2, 0.25) is 0 Å². The van der Waals surface area contributed by atoms with Crippen LogP contribution in [-0.4, -0.2) is 23.2 Å². The van der Waals surface area contributed by atoms with Gasteiger partial charge in [-0.3, -0.25) is 0 Å². The van der Waals surface area contributed by atoms with Gasteiger partial charge in [-0.25, -0.2) is 4.98 Å². The molecular formula is C9H8F3N3O. The molecule has 0 spiro atoms. The van der Waals surface area contributed by atoms with Crippen molar-refractivity contribution >= 4 is 5.82 Å². The predicted molar refractivity (Wildman–Crippen MR) is 49.5 cm³/mol. The maximum Gasteiger partial charge on any atom is 0.433 e. The molecule has 0 saturated carbocycles. The molecule has 0 atom stereocenters. The van der Waals surface area contributed by atoms with Crippen LogP contribution < -0.4 is 5.32 Å². The number of nitriles is 1. The van der Waals surface area contributed by atoms with Crippen LogP contribution in [0.25, 0.3) is 0 Å². The molecule has 0 saturated heterocycles. The molecule has 7 heteroatoms. The first-order valence-electron chi connectivity index (χ1n) is 4.32. The fourth-order valence-corrected chi connectivity index (χ4v) is 1.02. The zero-order valence-corrected chi connectivity index (χ0v) is 8.04. The highest BCUT2D eigenvalue weighted by Gasteiger charge is 2.33. The lowest BCUT2D eigenvalue weighted by Crippen LogP contribution is -2.13. The van der Waals surface area contributed by atoms with Crippen LogP contribution in [0.15, 0.2) is 12.1 Å². The number of halogens is 3. The van der Waals surface area contributed by atoms with Crippen LogP contribution in [0, 0.1) is 11.3 Å². The van der Waals surface area contributed by atoms with Crippen molar-refractivity contribution in [3.8, 4) is 6.07 Å². The van der Waals surface area contributed by atoms with E-state index in [1.807, 2.05) is 0 Å². The van der Waals surface area contributed by atoms with E-state index in [2.05, 4.69) is 10.3 Å². The molecule has 0 aliphatic rings. The van der Waals surface area contributed by atoms with Crippen molar-refractivity contribution in [2.75, 3.05) is 18.5 Å². The third-order valence-corrected chi connectivity index (χ3v) is 1.71. The van der Waals surface area contributed by atoms with Crippen LogP contribution >= 0.6 is 0 Å². The standard InChI is InChI=1S/C9H8F3N3O/c10-9(11,12)7-2-1-6(5-13)8(15-7)14-3-4-16/h1-2,16H,3-4H2,(H,14,15). The predicted octanol–water partition coefficient (Wildman–Crippen LogP) is 1.38. The van der Waals surface area contributed by atoms with Crippen LogP contribution in [0.3, 0.4) is 0 Å². The van der Waals surface area contributed by atoms with E-state index >= 15 is 0 Å². The van der Waals surface area contributed by atoms with E-state index in [0.29, 0.717) is 0 Å². The number of aliphatic hydroxyl groups is 1. The first kappa shape index (κ1) is 12.3. The summed E-state index contributed by atoms with van der Waals surface area (Å²) in [5.41, 5.74) is -1.08. The zero-order chi connectivity index (χ0) is 12.2. The molecule has 0 fully saturated rings. The second-order valence-corrected chi connectivity index (χ2v) is 2.85. The molecule has 2 N–H and O–H groups in total. The van der Waals surface area contributed by atoms with Crippen molar-refractivity contribution in [1.29, 1.82) is 5.26 Å². The van der Waals surface area contributed by atoms with Crippen molar-refractivity contribution < 1.29 is 18.3 Å². The van der Waals surface area contributed by atoms with Gasteiger partial charge in [0, 0.05) is 6.54 Å². The van der Waals surface area contributed by atoms with E-state index in [4.69, 9.17) is 10.4 Å². The molecular weight excluding hydrogens is 223 g/mol. The molecule has 16 heavy (non-hydrogen) atoms. The van der Waals surface area contributed by atoms with Gasteiger partial charge in [-0.15, -0.1) is 0 Å². The third kappa shape index (κ3) is 2.84. The lowest BCUT2D eigenvalue weighted by Gasteiger charge is -2.10. The first-order chi connectivity index (χ1) is 7.49. The molecule has 1 aromatic rings. The molecule has 0 aromatic carbocycles. The second-order valence-electron chi connectivity index (χ2n) is 2.85. The summed E-state index contributed by atoms with van der Waals surface area (Å²) in [4.78, 5) is 3.28. The summed E-state index contributed by atoms with van der Waals surface area (Å²) >= 11 is 0. The molecule has 0 aliphatic carbocycles. The number of hydrogen-bond acceptors (Lipinski definition) is 4. The van der Waals surface area contributed by atoms with Crippen molar-refractivity contribution in [1.82, 2.24) is 4.98 Å². The molecule has 1 rings (SSSR count). The third-order valence-electron chi connectivity index (χ3n) is 1.71. The van der Waals surface area contributed by atoms with E-state index < -0.39 is 11.9 Å². The lowest BCUT2D eigenvalue weighted by atomic mass is 10.2. The minimum absolute atomic E-state index is 0.00134. The molecule has 4 nitrogen and oxygen atoms in total. The fourth-order valence-electron chi connectivity index (χ4n) is 1.02. The van der Waals surface area contributed by atoms with Crippen molar-refractivity contribution in [2.24, 2.45) is 0 Å². The smallest absolute Gasteiger partial charge is 0.395 e. The monoisotopic (exact) mass is 231 g/mol. The zero-order valence-electron chi connectivity index (χ0n) is 8.04. The van der Waals surface area contributed by atoms with E-state index in [-0.39, 0.29) is 24.5 Å². The van der Waals surface area contributed by atoms with Crippen molar-refractivity contribution in [3.63, 3.8) is 0 Å². The molecule has 0 bridgehead atoms. The lowest BCUT2D eigenvalue weighted by molar-refractivity contribution is -0.141. The summed E-state index contributed by atoms with van der Waals surface area (Å²) in [6.45, 7) is -0.230. The number of nitrogens with one attached hydrogen (secondary N) is 1. The Hall–Kier alpha value is -1.81. The highest BCUT2D eigenvalue weighted by Crippen LogP contribution is 2.29. The summed E-state index contributed by atoms with van der Waals surface area (Å²) in [6.07, 6.45) is -4.55. The Kier molecular flexibility index (Phi) is 3.68.